The first-order valence-electron chi connectivity index (χ1n) is 7.59. The Kier molecular flexibility index (Phi) is 3.44. The second-order valence-electron chi connectivity index (χ2n) is 6.62. The van der Waals surface area contributed by atoms with Crippen LogP contribution in [-0.2, 0) is 4.79 Å². The third kappa shape index (κ3) is 2.17. The summed E-state index contributed by atoms with van der Waals surface area (Å²) in [4.78, 5) is 16.5. The van der Waals surface area contributed by atoms with Crippen molar-refractivity contribution in [3.8, 4) is 0 Å². The largest absolute Gasteiger partial charge is 0.378 e. The van der Waals surface area contributed by atoms with Gasteiger partial charge in [-0.1, -0.05) is 30.3 Å². The van der Waals surface area contributed by atoms with Crippen molar-refractivity contribution in [3.63, 3.8) is 0 Å². The Hall–Kier alpha value is -2.29. The van der Waals surface area contributed by atoms with Crippen LogP contribution in [0, 0.1) is 5.41 Å². The van der Waals surface area contributed by atoms with Crippen LogP contribution in [0.15, 0.2) is 54.6 Å². The van der Waals surface area contributed by atoms with Crippen molar-refractivity contribution in [2.75, 3.05) is 23.9 Å². The summed E-state index contributed by atoms with van der Waals surface area (Å²) in [6.45, 7) is 4.05. The van der Waals surface area contributed by atoms with Gasteiger partial charge in [-0.05, 0) is 43.7 Å². The number of β-lactam (4-membered cyclic amide) rings is 1. The molecule has 1 heterocycles. The molecule has 3 rings (SSSR count). The van der Waals surface area contributed by atoms with Crippen LogP contribution in [0.5, 0.6) is 0 Å². The van der Waals surface area contributed by atoms with E-state index in [-0.39, 0.29) is 17.4 Å². The number of nitrogens with zero attached hydrogens (tertiary/aromatic N) is 2. The summed E-state index contributed by atoms with van der Waals surface area (Å²) in [6, 6.07) is 18.5. The number of carbonyl (C=O) groups is 1. The Bertz CT molecular complexity index is 674. The highest BCUT2D eigenvalue weighted by molar-refractivity contribution is 6.05. The predicted molar refractivity (Wildman–Crippen MR) is 91.2 cm³/mol. The molecule has 1 aliphatic heterocycles. The summed E-state index contributed by atoms with van der Waals surface area (Å²) in [6.07, 6.45) is 0. The molecule has 1 saturated heterocycles. The van der Waals surface area contributed by atoms with Crippen LogP contribution in [0.4, 0.5) is 11.4 Å². The van der Waals surface area contributed by atoms with Gasteiger partial charge in [0.25, 0.3) is 0 Å². The third-order valence-electron chi connectivity index (χ3n) is 4.47. The maximum Gasteiger partial charge on any atom is 0.235 e. The van der Waals surface area contributed by atoms with Crippen LogP contribution in [0.2, 0.25) is 0 Å². The summed E-state index contributed by atoms with van der Waals surface area (Å²) in [5.74, 6) is 0.181. The topological polar surface area (TPSA) is 23.6 Å². The van der Waals surface area contributed by atoms with E-state index in [9.17, 15) is 4.79 Å². The van der Waals surface area contributed by atoms with E-state index in [1.807, 2.05) is 63.2 Å². The average molecular weight is 294 g/mol. The summed E-state index contributed by atoms with van der Waals surface area (Å²) >= 11 is 0. The monoisotopic (exact) mass is 294 g/mol. The van der Waals surface area contributed by atoms with Crippen molar-refractivity contribution in [3.05, 3.63) is 60.2 Å². The first-order chi connectivity index (χ1) is 10.4. The Balaban J connectivity index is 1.97. The molecule has 2 aromatic rings. The fourth-order valence-corrected chi connectivity index (χ4v) is 3.18. The number of benzene rings is 2. The second-order valence-corrected chi connectivity index (χ2v) is 6.62. The summed E-state index contributed by atoms with van der Waals surface area (Å²) < 4.78 is 0. The van der Waals surface area contributed by atoms with E-state index in [1.165, 1.54) is 11.3 Å². The molecule has 1 atom stereocenters. The standard InChI is InChI=1S/C19H22N2O/c1-19(2)17(14-10-12-15(13-11-14)20(3)4)21(18(19)22)16-8-6-5-7-9-16/h5-13,17H,1-4H3. The predicted octanol–water partition coefficient (Wildman–Crippen LogP) is 3.87. The summed E-state index contributed by atoms with van der Waals surface area (Å²) in [7, 11) is 4.06. The first kappa shape index (κ1) is 14.6. The maximum absolute atomic E-state index is 12.6. The number of hydrogen-bond acceptors (Lipinski definition) is 2. The zero-order valence-corrected chi connectivity index (χ0v) is 13.6. The van der Waals surface area contributed by atoms with Gasteiger partial charge in [0.15, 0.2) is 0 Å². The lowest BCUT2D eigenvalue weighted by atomic mass is 9.70. The number of anilines is 2. The molecule has 0 saturated carbocycles. The van der Waals surface area contributed by atoms with Gasteiger partial charge in [-0.15, -0.1) is 0 Å². The quantitative estimate of drug-likeness (QED) is 0.802. The highest BCUT2D eigenvalue weighted by Crippen LogP contribution is 2.51. The zero-order chi connectivity index (χ0) is 15.9. The van der Waals surface area contributed by atoms with Crippen molar-refractivity contribution in [2.24, 2.45) is 5.41 Å². The Morgan fingerprint density at radius 1 is 0.955 bits per heavy atom. The molecule has 1 amide bonds. The molecule has 0 bridgehead atoms. The van der Waals surface area contributed by atoms with Crippen LogP contribution >= 0.6 is 0 Å². The highest BCUT2D eigenvalue weighted by atomic mass is 16.2. The number of hydrogen-bond donors (Lipinski definition) is 0. The molecule has 22 heavy (non-hydrogen) atoms. The maximum atomic E-state index is 12.6. The first-order valence-corrected chi connectivity index (χ1v) is 7.59. The number of para-hydroxylation sites is 1. The van der Waals surface area contributed by atoms with E-state index in [0.29, 0.717) is 0 Å². The van der Waals surface area contributed by atoms with E-state index in [2.05, 4.69) is 29.2 Å². The van der Waals surface area contributed by atoms with Crippen molar-refractivity contribution in [1.82, 2.24) is 0 Å². The van der Waals surface area contributed by atoms with Crippen LogP contribution in [0.3, 0.4) is 0 Å². The fraction of sp³-hybridized carbons (Fsp3) is 0.316. The molecular weight excluding hydrogens is 272 g/mol. The van der Waals surface area contributed by atoms with Crippen molar-refractivity contribution >= 4 is 17.3 Å². The molecule has 0 spiro atoms. The van der Waals surface area contributed by atoms with Crippen LogP contribution in [0.25, 0.3) is 0 Å². The molecule has 1 unspecified atom stereocenters. The fourth-order valence-electron chi connectivity index (χ4n) is 3.18. The Morgan fingerprint density at radius 2 is 1.55 bits per heavy atom. The van der Waals surface area contributed by atoms with Gasteiger partial charge >= 0.3 is 0 Å². The highest BCUT2D eigenvalue weighted by Gasteiger charge is 2.55. The minimum absolute atomic E-state index is 0.0820. The van der Waals surface area contributed by atoms with E-state index in [4.69, 9.17) is 0 Å². The lowest BCUT2D eigenvalue weighted by Crippen LogP contribution is -2.61. The van der Waals surface area contributed by atoms with Crippen LogP contribution in [-0.4, -0.2) is 20.0 Å². The van der Waals surface area contributed by atoms with Gasteiger partial charge in [0, 0.05) is 25.5 Å². The summed E-state index contributed by atoms with van der Waals surface area (Å²) in [5.41, 5.74) is 2.95. The van der Waals surface area contributed by atoms with Crippen molar-refractivity contribution in [1.29, 1.82) is 0 Å². The Labute approximate surface area is 132 Å². The van der Waals surface area contributed by atoms with Gasteiger partial charge in [0.05, 0.1) is 11.5 Å². The van der Waals surface area contributed by atoms with Gasteiger partial charge in [0.2, 0.25) is 5.91 Å². The number of rotatable bonds is 3. The molecule has 3 heteroatoms. The van der Waals surface area contributed by atoms with E-state index in [0.717, 1.165) is 5.69 Å². The van der Waals surface area contributed by atoms with Crippen molar-refractivity contribution < 1.29 is 4.79 Å². The minimum Gasteiger partial charge on any atom is -0.378 e. The lowest BCUT2D eigenvalue weighted by molar-refractivity contribution is -0.137. The smallest absolute Gasteiger partial charge is 0.235 e. The van der Waals surface area contributed by atoms with E-state index in [1.54, 1.807) is 0 Å². The van der Waals surface area contributed by atoms with Crippen LogP contribution in [0.1, 0.15) is 25.5 Å². The van der Waals surface area contributed by atoms with E-state index >= 15 is 0 Å². The van der Waals surface area contributed by atoms with Gasteiger partial charge < -0.3 is 9.80 Å². The summed E-state index contributed by atoms with van der Waals surface area (Å²) in [5, 5.41) is 0. The number of amides is 1. The molecule has 114 valence electrons. The molecule has 1 fully saturated rings. The minimum atomic E-state index is -0.366. The lowest BCUT2D eigenvalue weighted by Gasteiger charge is -2.53. The number of carbonyl (C=O) groups excluding carboxylic acids is 1. The molecule has 2 aromatic carbocycles. The molecule has 0 aromatic heterocycles. The molecule has 3 nitrogen and oxygen atoms in total. The van der Waals surface area contributed by atoms with Gasteiger partial charge in [-0.3, -0.25) is 4.79 Å². The third-order valence-corrected chi connectivity index (χ3v) is 4.47. The normalized spacial score (nSPS) is 19.7. The van der Waals surface area contributed by atoms with Gasteiger partial charge in [-0.25, -0.2) is 0 Å². The molecular formula is C19H22N2O. The molecule has 0 radical (unpaired) electrons. The van der Waals surface area contributed by atoms with Crippen LogP contribution < -0.4 is 9.80 Å². The average Bonchev–Trinajstić information content (AvgIpc) is 2.52. The van der Waals surface area contributed by atoms with Crippen molar-refractivity contribution in [2.45, 2.75) is 19.9 Å². The van der Waals surface area contributed by atoms with Gasteiger partial charge in [0.1, 0.15) is 0 Å². The molecule has 0 aliphatic carbocycles. The Morgan fingerprint density at radius 3 is 2.09 bits per heavy atom. The molecule has 1 aliphatic rings. The van der Waals surface area contributed by atoms with Gasteiger partial charge in [-0.2, -0.15) is 0 Å². The second kappa shape index (κ2) is 5.16. The molecule has 0 N–H and O–H groups in total. The SMILES string of the molecule is CN(C)c1ccc(C2N(c3ccccc3)C(=O)C2(C)C)cc1. The zero-order valence-electron chi connectivity index (χ0n) is 13.6. The van der Waals surface area contributed by atoms with E-state index < -0.39 is 0 Å².